The Morgan fingerprint density at radius 1 is 0.875 bits per heavy atom. The van der Waals surface area contributed by atoms with Crippen molar-refractivity contribution in [3.63, 3.8) is 0 Å². The molecule has 0 bridgehead atoms. The molecule has 3 nitrogen and oxygen atoms in total. The Morgan fingerprint density at radius 2 is 1.25 bits per heavy atom. The number of hydrogen-bond acceptors (Lipinski definition) is 2. The van der Waals surface area contributed by atoms with E-state index in [4.69, 9.17) is 8.43 Å². The van der Waals surface area contributed by atoms with Gasteiger partial charge in [-0.3, -0.25) is 4.79 Å². The number of carboxylic acid groups (broad SMARTS) is 1. The first kappa shape index (κ1) is 18.4. The van der Waals surface area contributed by atoms with Crippen molar-refractivity contribution in [2.45, 2.75) is 71.1 Å². The molecule has 0 aromatic carbocycles. The molecule has 0 aromatic heterocycles. The zero-order valence-corrected chi connectivity index (χ0v) is 11.9. The molecule has 94 valence electrons. The third kappa shape index (κ3) is 19.5. The molecule has 0 atom stereocenters. The molecule has 0 aliphatic carbocycles. The fourth-order valence-electron chi connectivity index (χ4n) is 1.59. The molecule has 0 aromatic rings. The summed E-state index contributed by atoms with van der Waals surface area (Å²) in [6.45, 7) is 2.23. The summed E-state index contributed by atoms with van der Waals surface area (Å²) in [6.07, 6.45) is 11.5. The summed E-state index contributed by atoms with van der Waals surface area (Å²) in [5.74, 6) is -0.659. The first-order valence-electron chi connectivity index (χ1n) is 6.19. The molecule has 1 N–H and O–H groups in total. The number of aliphatic carboxylic acids is 1. The van der Waals surface area contributed by atoms with Gasteiger partial charge in [0.1, 0.15) is 0 Å². The summed E-state index contributed by atoms with van der Waals surface area (Å²) in [5, 5.41) is 8.41. The molecule has 0 heterocycles. The van der Waals surface area contributed by atoms with Crippen molar-refractivity contribution in [3.8, 4) is 0 Å². The van der Waals surface area contributed by atoms with E-state index in [1.165, 1.54) is 44.9 Å². The summed E-state index contributed by atoms with van der Waals surface area (Å²) < 4.78 is 8.25. The van der Waals surface area contributed by atoms with Crippen LogP contribution in [0.15, 0.2) is 0 Å². The molecule has 0 fully saturated rings. The molecule has 0 radical (unpaired) electrons. The van der Waals surface area contributed by atoms with E-state index in [9.17, 15) is 4.79 Å². The monoisotopic (exact) mass is 264 g/mol. The summed E-state index contributed by atoms with van der Waals surface area (Å²) >= 11 is 0.750. The van der Waals surface area contributed by atoms with E-state index < -0.39 is 5.97 Å². The second-order valence-electron chi connectivity index (χ2n) is 3.97. The summed E-state index contributed by atoms with van der Waals surface area (Å²) in [7, 11) is 0. The van der Waals surface area contributed by atoms with E-state index in [1.54, 1.807) is 0 Å². The van der Waals surface area contributed by atoms with Gasteiger partial charge in [0, 0.05) is 6.42 Å². The fraction of sp³-hybridized carbons (Fsp3) is 0.917. The number of rotatable bonds is 10. The van der Waals surface area contributed by atoms with Crippen LogP contribution in [0.4, 0.5) is 0 Å². The van der Waals surface area contributed by atoms with Crippen LogP contribution in [0.1, 0.15) is 71.1 Å². The van der Waals surface area contributed by atoms with Crippen LogP contribution in [0, 0.1) is 0 Å². The van der Waals surface area contributed by atoms with Crippen LogP contribution >= 0.6 is 0 Å². The number of carbonyl (C=O) groups is 1. The van der Waals surface area contributed by atoms with Crippen LogP contribution in [-0.2, 0) is 28.5 Å². The average Bonchev–Trinajstić information content (AvgIpc) is 2.29. The van der Waals surface area contributed by atoms with Crippen molar-refractivity contribution in [1.29, 1.82) is 0 Å². The molecule has 0 amide bonds. The van der Waals surface area contributed by atoms with Crippen LogP contribution in [0.3, 0.4) is 0 Å². The van der Waals surface area contributed by atoms with Gasteiger partial charge in [0.2, 0.25) is 0 Å². The zero-order chi connectivity index (χ0) is 12.6. The van der Waals surface area contributed by atoms with Crippen LogP contribution in [0.5, 0.6) is 0 Å². The predicted octanol–water partition coefficient (Wildman–Crippen LogP) is 3.87. The van der Waals surface area contributed by atoms with Crippen LogP contribution < -0.4 is 0 Å². The molecule has 0 saturated heterocycles. The fourth-order valence-corrected chi connectivity index (χ4v) is 1.59. The topological polar surface area (TPSA) is 54.4 Å². The first-order chi connectivity index (χ1) is 7.77. The quantitative estimate of drug-likeness (QED) is 0.481. The van der Waals surface area contributed by atoms with Gasteiger partial charge in [-0.2, -0.15) is 0 Å². The van der Waals surface area contributed by atoms with E-state index in [0.29, 0.717) is 6.42 Å². The van der Waals surface area contributed by atoms with Gasteiger partial charge in [0.05, 0.1) is 0 Å². The molecule has 0 saturated carbocycles. The Bertz CT molecular complexity index is 151. The zero-order valence-electron chi connectivity index (χ0n) is 10.3. The van der Waals surface area contributed by atoms with Crippen molar-refractivity contribution in [2.24, 2.45) is 0 Å². The number of carboxylic acids is 1. The van der Waals surface area contributed by atoms with Gasteiger partial charge in [-0.05, 0) is 6.42 Å². The molecule has 0 unspecified atom stereocenters. The molecule has 4 heteroatoms. The SMILES string of the molecule is CCCCCCCCCCCC(=O)O.[O]=[Ti]. The van der Waals surface area contributed by atoms with Gasteiger partial charge in [-0.15, -0.1) is 0 Å². The van der Waals surface area contributed by atoms with Crippen LogP contribution in [0.2, 0.25) is 0 Å². The minimum atomic E-state index is -0.659. The molecule has 0 aliphatic rings. The van der Waals surface area contributed by atoms with Gasteiger partial charge < -0.3 is 5.11 Å². The van der Waals surface area contributed by atoms with E-state index >= 15 is 0 Å². The Labute approximate surface area is 111 Å². The predicted molar refractivity (Wildman–Crippen MR) is 60.2 cm³/mol. The summed E-state index contributed by atoms with van der Waals surface area (Å²) in [4.78, 5) is 10.2. The maximum absolute atomic E-state index is 10.2. The van der Waals surface area contributed by atoms with E-state index in [2.05, 4.69) is 6.92 Å². The third-order valence-electron chi connectivity index (χ3n) is 2.49. The summed E-state index contributed by atoms with van der Waals surface area (Å²) in [5.41, 5.74) is 0. The molecule has 0 aliphatic heterocycles. The van der Waals surface area contributed by atoms with E-state index in [0.717, 1.165) is 33.2 Å². The number of unbranched alkanes of at least 4 members (excludes halogenated alkanes) is 8. The van der Waals surface area contributed by atoms with E-state index in [-0.39, 0.29) is 0 Å². The Morgan fingerprint density at radius 3 is 1.62 bits per heavy atom. The third-order valence-corrected chi connectivity index (χ3v) is 2.49. The second kappa shape index (κ2) is 17.4. The standard InChI is InChI=1S/C12H24O2.O.Ti/c1-2-3-4-5-6-7-8-9-10-11-12(13)14;;/h2-11H2,1H3,(H,13,14);;. The molecule has 16 heavy (non-hydrogen) atoms. The molecular weight excluding hydrogens is 240 g/mol. The Balaban J connectivity index is 0. The van der Waals surface area contributed by atoms with Gasteiger partial charge >= 0.3 is 29.7 Å². The van der Waals surface area contributed by atoms with Gasteiger partial charge in [0.15, 0.2) is 0 Å². The summed E-state index contributed by atoms with van der Waals surface area (Å²) in [6, 6.07) is 0. The Kier molecular flexibility index (Phi) is 19.9. The second-order valence-corrected chi connectivity index (χ2v) is 3.97. The van der Waals surface area contributed by atoms with Crippen molar-refractivity contribution in [2.75, 3.05) is 0 Å². The minimum absolute atomic E-state index is 0.343. The van der Waals surface area contributed by atoms with E-state index in [1.807, 2.05) is 0 Å². The van der Waals surface area contributed by atoms with Gasteiger partial charge in [-0.25, -0.2) is 0 Å². The first-order valence-corrected chi connectivity index (χ1v) is 6.83. The number of hydrogen-bond donors (Lipinski definition) is 1. The van der Waals surface area contributed by atoms with Crippen molar-refractivity contribution >= 4 is 5.97 Å². The van der Waals surface area contributed by atoms with Gasteiger partial charge in [-0.1, -0.05) is 58.3 Å². The average molecular weight is 264 g/mol. The molecular formula is C12H24O3Ti. The Hall–Kier alpha value is -0.0157. The van der Waals surface area contributed by atoms with Crippen molar-refractivity contribution in [3.05, 3.63) is 0 Å². The normalized spacial score (nSPS) is 9.25. The van der Waals surface area contributed by atoms with Crippen molar-refractivity contribution < 1.29 is 33.6 Å². The molecule has 0 spiro atoms. The van der Waals surface area contributed by atoms with Gasteiger partial charge in [0.25, 0.3) is 0 Å². The van der Waals surface area contributed by atoms with Crippen LogP contribution in [-0.4, -0.2) is 11.1 Å². The molecule has 0 rings (SSSR count). The maximum atomic E-state index is 10.2. The van der Waals surface area contributed by atoms with Crippen LogP contribution in [0.25, 0.3) is 0 Å². The van der Waals surface area contributed by atoms with Crippen molar-refractivity contribution in [1.82, 2.24) is 0 Å².